The Morgan fingerprint density at radius 3 is 2.38 bits per heavy atom. The molecule has 0 unspecified atom stereocenters. The molecule has 0 heterocycles. The van der Waals surface area contributed by atoms with Gasteiger partial charge in [0.25, 0.3) is 0 Å². The first-order valence-corrected chi connectivity index (χ1v) is 6.27. The molecule has 2 aliphatic carbocycles. The topological polar surface area (TPSA) is 12.0 Å². The zero-order valence-electron chi connectivity index (χ0n) is 9.67. The molecule has 2 fully saturated rings. The van der Waals surface area contributed by atoms with Gasteiger partial charge in [-0.15, -0.1) is 0 Å². The standard InChI is InChI=1S/C14H18FN/c1-9-2-7-12(15)13(8-9)16-14(10-3-4-10)11-5-6-11/h2,7-8,10-11,14,16H,3-6H2,1H3. The maximum absolute atomic E-state index is 13.6. The number of hydrogen-bond acceptors (Lipinski definition) is 1. The van der Waals surface area contributed by atoms with Crippen LogP contribution in [0.5, 0.6) is 0 Å². The zero-order chi connectivity index (χ0) is 11.1. The lowest BCUT2D eigenvalue weighted by Crippen LogP contribution is -2.24. The first kappa shape index (κ1) is 10.1. The molecule has 0 aliphatic heterocycles. The molecule has 0 atom stereocenters. The summed E-state index contributed by atoms with van der Waals surface area (Å²) >= 11 is 0. The lowest BCUT2D eigenvalue weighted by atomic mass is 10.1. The highest BCUT2D eigenvalue weighted by Crippen LogP contribution is 2.46. The van der Waals surface area contributed by atoms with E-state index in [-0.39, 0.29) is 5.82 Å². The molecule has 2 heteroatoms. The molecule has 0 radical (unpaired) electrons. The summed E-state index contributed by atoms with van der Waals surface area (Å²) < 4.78 is 13.6. The summed E-state index contributed by atoms with van der Waals surface area (Å²) in [7, 11) is 0. The van der Waals surface area contributed by atoms with E-state index in [1.165, 1.54) is 25.7 Å². The van der Waals surface area contributed by atoms with Gasteiger partial charge in [0.2, 0.25) is 0 Å². The monoisotopic (exact) mass is 219 g/mol. The predicted molar refractivity (Wildman–Crippen MR) is 64.0 cm³/mol. The van der Waals surface area contributed by atoms with Gasteiger partial charge >= 0.3 is 0 Å². The molecule has 2 saturated carbocycles. The van der Waals surface area contributed by atoms with Crippen molar-refractivity contribution in [3.8, 4) is 0 Å². The molecule has 0 bridgehead atoms. The first-order valence-electron chi connectivity index (χ1n) is 6.27. The number of hydrogen-bond donors (Lipinski definition) is 1. The Hall–Kier alpha value is -1.05. The molecule has 1 aromatic rings. The molecule has 0 amide bonds. The van der Waals surface area contributed by atoms with Gasteiger partial charge in [-0.25, -0.2) is 4.39 Å². The third kappa shape index (κ3) is 2.06. The fourth-order valence-corrected chi connectivity index (χ4v) is 2.46. The largest absolute Gasteiger partial charge is 0.379 e. The lowest BCUT2D eigenvalue weighted by Gasteiger charge is -2.19. The van der Waals surface area contributed by atoms with E-state index in [4.69, 9.17) is 0 Å². The van der Waals surface area contributed by atoms with Gasteiger partial charge in [0.15, 0.2) is 0 Å². The van der Waals surface area contributed by atoms with Gasteiger partial charge in [0.05, 0.1) is 5.69 Å². The van der Waals surface area contributed by atoms with Crippen LogP contribution < -0.4 is 5.32 Å². The summed E-state index contributed by atoms with van der Waals surface area (Å²) in [4.78, 5) is 0. The second-order valence-electron chi connectivity index (χ2n) is 5.33. The van der Waals surface area contributed by atoms with Crippen molar-refractivity contribution >= 4 is 5.69 Å². The summed E-state index contributed by atoms with van der Waals surface area (Å²) in [6.45, 7) is 2.01. The van der Waals surface area contributed by atoms with Crippen LogP contribution >= 0.6 is 0 Å². The van der Waals surface area contributed by atoms with Gasteiger partial charge in [-0.3, -0.25) is 0 Å². The predicted octanol–water partition coefficient (Wildman–Crippen LogP) is 3.73. The Bertz CT molecular complexity index is 382. The second kappa shape index (κ2) is 3.76. The Morgan fingerprint density at radius 1 is 1.19 bits per heavy atom. The van der Waals surface area contributed by atoms with Crippen LogP contribution in [-0.2, 0) is 0 Å². The molecule has 0 saturated heterocycles. The highest BCUT2D eigenvalue weighted by molar-refractivity contribution is 5.48. The Labute approximate surface area is 96.1 Å². The molecule has 3 rings (SSSR count). The lowest BCUT2D eigenvalue weighted by molar-refractivity contribution is 0.557. The fourth-order valence-electron chi connectivity index (χ4n) is 2.46. The minimum Gasteiger partial charge on any atom is -0.379 e. The third-order valence-electron chi connectivity index (χ3n) is 3.70. The summed E-state index contributed by atoms with van der Waals surface area (Å²) in [5.74, 6) is 1.48. The Kier molecular flexibility index (Phi) is 2.38. The van der Waals surface area contributed by atoms with Crippen molar-refractivity contribution in [3.63, 3.8) is 0 Å². The van der Waals surface area contributed by atoms with Crippen LogP contribution in [0.1, 0.15) is 31.2 Å². The molecule has 1 aromatic carbocycles. The van der Waals surface area contributed by atoms with Crippen LogP contribution in [0, 0.1) is 24.6 Å². The van der Waals surface area contributed by atoms with Gasteiger partial charge in [-0.1, -0.05) is 6.07 Å². The number of aryl methyl sites for hydroxylation is 1. The van der Waals surface area contributed by atoms with E-state index in [2.05, 4.69) is 5.32 Å². The number of halogens is 1. The molecule has 16 heavy (non-hydrogen) atoms. The smallest absolute Gasteiger partial charge is 0.146 e. The highest BCUT2D eigenvalue weighted by Gasteiger charge is 2.41. The fraction of sp³-hybridized carbons (Fsp3) is 0.571. The molecule has 0 spiro atoms. The van der Waals surface area contributed by atoms with Crippen LogP contribution in [0.15, 0.2) is 18.2 Å². The van der Waals surface area contributed by atoms with Crippen LogP contribution in [0.3, 0.4) is 0 Å². The van der Waals surface area contributed by atoms with Crippen molar-refractivity contribution in [1.29, 1.82) is 0 Å². The average Bonchev–Trinajstić information content (AvgIpc) is 3.13. The summed E-state index contributed by atoms with van der Waals surface area (Å²) in [6, 6.07) is 5.84. The highest BCUT2D eigenvalue weighted by atomic mass is 19.1. The SMILES string of the molecule is Cc1ccc(F)c(NC(C2CC2)C2CC2)c1. The Balaban J connectivity index is 1.78. The molecular weight excluding hydrogens is 201 g/mol. The minimum absolute atomic E-state index is 0.114. The average molecular weight is 219 g/mol. The van der Waals surface area contributed by atoms with Crippen molar-refractivity contribution in [1.82, 2.24) is 0 Å². The van der Waals surface area contributed by atoms with Crippen molar-refractivity contribution in [2.45, 2.75) is 38.6 Å². The van der Waals surface area contributed by atoms with E-state index in [9.17, 15) is 4.39 Å². The summed E-state index contributed by atoms with van der Waals surface area (Å²) in [5, 5.41) is 3.44. The number of nitrogens with one attached hydrogen (secondary N) is 1. The number of anilines is 1. The molecule has 86 valence electrons. The van der Waals surface area contributed by atoms with Crippen LogP contribution in [0.4, 0.5) is 10.1 Å². The van der Waals surface area contributed by atoms with Crippen LogP contribution in [-0.4, -0.2) is 6.04 Å². The van der Waals surface area contributed by atoms with Gasteiger partial charge in [-0.05, 0) is 62.1 Å². The van der Waals surface area contributed by atoms with Crippen molar-refractivity contribution in [2.75, 3.05) is 5.32 Å². The quantitative estimate of drug-likeness (QED) is 0.813. The van der Waals surface area contributed by atoms with Gasteiger partial charge < -0.3 is 5.32 Å². The van der Waals surface area contributed by atoms with E-state index < -0.39 is 0 Å². The van der Waals surface area contributed by atoms with Gasteiger partial charge in [0.1, 0.15) is 5.82 Å². The van der Waals surface area contributed by atoms with Crippen molar-refractivity contribution in [3.05, 3.63) is 29.6 Å². The van der Waals surface area contributed by atoms with Gasteiger partial charge in [-0.2, -0.15) is 0 Å². The normalized spacial score (nSPS) is 20.2. The van der Waals surface area contributed by atoms with E-state index in [0.717, 1.165) is 17.4 Å². The summed E-state index contributed by atoms with van der Waals surface area (Å²) in [5.41, 5.74) is 1.82. The van der Waals surface area contributed by atoms with E-state index in [1.54, 1.807) is 6.07 Å². The molecule has 1 nitrogen and oxygen atoms in total. The third-order valence-corrected chi connectivity index (χ3v) is 3.70. The van der Waals surface area contributed by atoms with Crippen molar-refractivity contribution in [2.24, 2.45) is 11.8 Å². The zero-order valence-corrected chi connectivity index (χ0v) is 9.67. The second-order valence-corrected chi connectivity index (χ2v) is 5.33. The summed E-state index contributed by atoms with van der Waals surface area (Å²) in [6.07, 6.45) is 5.28. The maximum Gasteiger partial charge on any atom is 0.146 e. The molecule has 2 aliphatic rings. The number of rotatable bonds is 4. The van der Waals surface area contributed by atoms with E-state index in [1.807, 2.05) is 19.1 Å². The van der Waals surface area contributed by atoms with Crippen LogP contribution in [0.25, 0.3) is 0 Å². The molecule has 0 aromatic heterocycles. The number of benzene rings is 1. The maximum atomic E-state index is 13.6. The Morgan fingerprint density at radius 2 is 1.81 bits per heavy atom. The first-order chi connectivity index (χ1) is 7.74. The van der Waals surface area contributed by atoms with Crippen molar-refractivity contribution < 1.29 is 4.39 Å². The van der Waals surface area contributed by atoms with E-state index >= 15 is 0 Å². The molecule has 1 N–H and O–H groups in total. The van der Waals surface area contributed by atoms with E-state index in [0.29, 0.717) is 11.7 Å². The van der Waals surface area contributed by atoms with Crippen LogP contribution in [0.2, 0.25) is 0 Å². The van der Waals surface area contributed by atoms with Gasteiger partial charge in [0, 0.05) is 6.04 Å². The minimum atomic E-state index is -0.114. The molecular formula is C14H18FN.